The Bertz CT molecular complexity index is 576. The molecule has 0 saturated heterocycles. The van der Waals surface area contributed by atoms with Crippen LogP contribution in [0.4, 0.5) is 5.82 Å². The molecule has 0 saturated carbocycles. The molecule has 1 aliphatic rings. The number of rotatable bonds is 2. The number of para-hydroxylation sites is 1. The average Bonchev–Trinajstić information content (AvgIpc) is 2.69. The van der Waals surface area contributed by atoms with E-state index in [1.165, 1.54) is 0 Å². The Morgan fingerprint density at radius 2 is 2.16 bits per heavy atom. The van der Waals surface area contributed by atoms with Crippen LogP contribution in [0.3, 0.4) is 0 Å². The van der Waals surface area contributed by atoms with E-state index < -0.39 is 0 Å². The normalized spacial score (nSPS) is 14.5. The first-order chi connectivity index (χ1) is 9.36. The second-order valence-corrected chi connectivity index (χ2v) is 4.65. The zero-order valence-electron chi connectivity index (χ0n) is 10.4. The highest BCUT2D eigenvalue weighted by molar-refractivity contribution is 6.16. The van der Waals surface area contributed by atoms with Crippen molar-refractivity contribution in [3.63, 3.8) is 0 Å². The van der Waals surface area contributed by atoms with Gasteiger partial charge in [0.1, 0.15) is 18.2 Å². The van der Waals surface area contributed by atoms with Gasteiger partial charge >= 0.3 is 0 Å². The first-order valence-electron chi connectivity index (χ1n) is 6.19. The number of anilines is 1. The van der Waals surface area contributed by atoms with Gasteiger partial charge in [0.25, 0.3) is 0 Å². The van der Waals surface area contributed by atoms with Crippen molar-refractivity contribution in [2.75, 3.05) is 18.1 Å². The largest absolute Gasteiger partial charge is 0.491 e. The van der Waals surface area contributed by atoms with Crippen LogP contribution in [0.5, 0.6) is 5.75 Å². The molecule has 19 heavy (non-hydrogen) atoms. The van der Waals surface area contributed by atoms with E-state index in [9.17, 15) is 0 Å². The lowest BCUT2D eigenvalue weighted by Gasteiger charge is -2.20. The van der Waals surface area contributed by atoms with Crippen LogP contribution in [-0.2, 0) is 12.4 Å². The lowest BCUT2D eigenvalue weighted by atomic mass is 10.2. The number of aromatic nitrogens is 2. The zero-order chi connectivity index (χ0) is 13.1. The number of benzene rings is 1. The third-order valence-corrected chi connectivity index (χ3v) is 3.36. The highest BCUT2D eigenvalue weighted by Gasteiger charge is 2.16. The maximum atomic E-state index is 5.81. The summed E-state index contributed by atoms with van der Waals surface area (Å²) >= 11 is 5.81. The second kappa shape index (κ2) is 5.45. The summed E-state index contributed by atoms with van der Waals surface area (Å²) in [4.78, 5) is 10.9. The summed E-state index contributed by atoms with van der Waals surface area (Å²) in [6.07, 6.45) is 3.46. The summed E-state index contributed by atoms with van der Waals surface area (Å²) in [5.74, 6) is 2.17. The van der Waals surface area contributed by atoms with Crippen molar-refractivity contribution >= 4 is 17.4 Å². The fraction of sp³-hybridized carbons (Fsp3) is 0.286. The molecule has 0 atom stereocenters. The highest BCUT2D eigenvalue weighted by Crippen LogP contribution is 2.24. The fourth-order valence-corrected chi connectivity index (χ4v) is 2.26. The summed E-state index contributed by atoms with van der Waals surface area (Å²) in [6.45, 7) is 2.20. The van der Waals surface area contributed by atoms with Gasteiger partial charge in [-0.1, -0.05) is 18.2 Å². The van der Waals surface area contributed by atoms with E-state index in [0.29, 0.717) is 12.5 Å². The first-order valence-corrected chi connectivity index (χ1v) is 6.73. The Labute approximate surface area is 117 Å². The molecule has 3 rings (SSSR count). The summed E-state index contributed by atoms with van der Waals surface area (Å²) in [5.41, 5.74) is 1.95. The lowest BCUT2D eigenvalue weighted by Crippen LogP contribution is -2.26. The Morgan fingerprint density at radius 1 is 1.26 bits per heavy atom. The monoisotopic (exact) mass is 275 g/mol. The number of hydrogen-bond donors (Lipinski definition) is 0. The highest BCUT2D eigenvalue weighted by atomic mass is 35.5. The summed E-state index contributed by atoms with van der Waals surface area (Å²) in [5, 5.41) is 0. The second-order valence-electron chi connectivity index (χ2n) is 4.38. The summed E-state index contributed by atoms with van der Waals surface area (Å²) < 4.78 is 5.74. The van der Waals surface area contributed by atoms with E-state index in [0.717, 1.165) is 35.9 Å². The molecular formula is C14H14ClN3O. The summed E-state index contributed by atoms with van der Waals surface area (Å²) in [7, 11) is 0. The molecule has 0 bridgehead atoms. The molecule has 2 aromatic rings. The predicted octanol–water partition coefficient (Wildman–Crippen LogP) is 2.61. The molecular weight excluding hydrogens is 262 g/mol. The molecule has 0 aliphatic carbocycles. The van der Waals surface area contributed by atoms with Crippen molar-refractivity contribution < 1.29 is 4.74 Å². The van der Waals surface area contributed by atoms with Gasteiger partial charge in [0.05, 0.1) is 24.3 Å². The molecule has 98 valence electrons. The van der Waals surface area contributed by atoms with Gasteiger partial charge in [-0.15, -0.1) is 11.6 Å². The molecule has 0 unspecified atom stereocenters. The smallest absolute Gasteiger partial charge is 0.147 e. The fourth-order valence-electron chi connectivity index (χ4n) is 2.13. The molecule has 0 N–H and O–H groups in total. The maximum Gasteiger partial charge on any atom is 0.147 e. The Kier molecular flexibility index (Phi) is 3.51. The molecule has 0 amide bonds. The Hall–Kier alpha value is -1.81. The van der Waals surface area contributed by atoms with E-state index in [2.05, 4.69) is 20.9 Å². The molecule has 0 spiro atoms. The van der Waals surface area contributed by atoms with E-state index in [-0.39, 0.29) is 0 Å². The van der Waals surface area contributed by atoms with Gasteiger partial charge in [-0.3, -0.25) is 4.98 Å². The van der Waals surface area contributed by atoms with Gasteiger partial charge < -0.3 is 9.64 Å². The average molecular weight is 276 g/mol. The van der Waals surface area contributed by atoms with Crippen LogP contribution >= 0.6 is 11.6 Å². The SMILES string of the molecule is ClCc1cncc(N2CCOc3ccccc3C2)n1. The third kappa shape index (κ3) is 2.63. The van der Waals surface area contributed by atoms with Crippen molar-refractivity contribution in [3.8, 4) is 5.75 Å². The van der Waals surface area contributed by atoms with Crippen LogP contribution < -0.4 is 9.64 Å². The minimum Gasteiger partial charge on any atom is -0.491 e. The first kappa shape index (κ1) is 12.2. The van der Waals surface area contributed by atoms with Gasteiger partial charge in [-0.25, -0.2) is 4.98 Å². The molecule has 4 nitrogen and oxygen atoms in total. The minimum atomic E-state index is 0.377. The van der Waals surface area contributed by atoms with Crippen molar-refractivity contribution in [1.29, 1.82) is 0 Å². The lowest BCUT2D eigenvalue weighted by molar-refractivity contribution is 0.331. The number of fused-ring (bicyclic) bond motifs is 1. The van der Waals surface area contributed by atoms with Crippen LogP contribution in [0.1, 0.15) is 11.3 Å². The van der Waals surface area contributed by atoms with E-state index in [1.54, 1.807) is 12.4 Å². The zero-order valence-corrected chi connectivity index (χ0v) is 11.2. The third-order valence-electron chi connectivity index (χ3n) is 3.09. The van der Waals surface area contributed by atoms with Gasteiger partial charge in [0.15, 0.2) is 0 Å². The predicted molar refractivity (Wildman–Crippen MR) is 74.6 cm³/mol. The van der Waals surface area contributed by atoms with E-state index in [1.807, 2.05) is 18.2 Å². The quantitative estimate of drug-likeness (QED) is 0.790. The standard InChI is InChI=1S/C14H14ClN3O/c15-7-12-8-16-9-14(17-12)18-5-6-19-13-4-2-1-3-11(13)10-18/h1-4,8-9H,5-7,10H2. The number of nitrogens with zero attached hydrogens (tertiary/aromatic N) is 3. The molecule has 1 aliphatic heterocycles. The topological polar surface area (TPSA) is 38.2 Å². The van der Waals surface area contributed by atoms with Gasteiger partial charge in [-0.05, 0) is 6.07 Å². The van der Waals surface area contributed by atoms with Crippen molar-refractivity contribution in [2.45, 2.75) is 12.4 Å². The molecule has 1 aromatic heterocycles. The minimum absolute atomic E-state index is 0.377. The number of ether oxygens (including phenoxy) is 1. The van der Waals surface area contributed by atoms with Crippen molar-refractivity contribution in [1.82, 2.24) is 9.97 Å². The Balaban J connectivity index is 1.89. The van der Waals surface area contributed by atoms with Crippen LogP contribution in [0.25, 0.3) is 0 Å². The molecule has 0 radical (unpaired) electrons. The Morgan fingerprint density at radius 3 is 3.05 bits per heavy atom. The van der Waals surface area contributed by atoms with Crippen LogP contribution in [0, 0.1) is 0 Å². The van der Waals surface area contributed by atoms with Gasteiger partial charge in [0.2, 0.25) is 0 Å². The molecule has 2 heterocycles. The van der Waals surface area contributed by atoms with E-state index >= 15 is 0 Å². The number of halogens is 1. The van der Waals surface area contributed by atoms with Crippen LogP contribution in [0.2, 0.25) is 0 Å². The molecule has 0 fully saturated rings. The summed E-state index contributed by atoms with van der Waals surface area (Å²) in [6, 6.07) is 8.08. The molecule has 5 heteroatoms. The number of hydrogen-bond acceptors (Lipinski definition) is 4. The van der Waals surface area contributed by atoms with Crippen molar-refractivity contribution in [2.24, 2.45) is 0 Å². The molecule has 1 aromatic carbocycles. The van der Waals surface area contributed by atoms with E-state index in [4.69, 9.17) is 16.3 Å². The van der Waals surface area contributed by atoms with Gasteiger partial charge in [0, 0.05) is 18.3 Å². The maximum absolute atomic E-state index is 5.81. The van der Waals surface area contributed by atoms with Crippen LogP contribution in [-0.4, -0.2) is 23.1 Å². The van der Waals surface area contributed by atoms with Crippen LogP contribution in [0.15, 0.2) is 36.7 Å². The van der Waals surface area contributed by atoms with Crippen molar-refractivity contribution in [3.05, 3.63) is 47.9 Å². The number of alkyl halides is 1. The van der Waals surface area contributed by atoms with Gasteiger partial charge in [-0.2, -0.15) is 0 Å².